The maximum Gasteiger partial charge on any atom is 0.227 e. The van der Waals surface area contributed by atoms with Gasteiger partial charge in [-0.3, -0.25) is 4.90 Å². The Kier molecular flexibility index (Phi) is 8.92. The number of para-hydroxylation sites is 3. The lowest BCUT2D eigenvalue weighted by atomic mass is 10.1. The third-order valence-electron chi connectivity index (χ3n) is 5.77. The van der Waals surface area contributed by atoms with E-state index in [1.165, 1.54) is 0 Å². The second-order valence-corrected chi connectivity index (χ2v) is 8.63. The number of hydrogen-bond donors (Lipinski definition) is 1. The van der Waals surface area contributed by atoms with Crippen LogP contribution in [-0.4, -0.2) is 46.1 Å². The first-order valence-corrected chi connectivity index (χ1v) is 11.9. The highest BCUT2D eigenvalue weighted by Gasteiger charge is 2.24. The van der Waals surface area contributed by atoms with E-state index in [4.69, 9.17) is 14.6 Å². The molecular weight excluding hydrogens is 414 g/mol. The number of hydrogen-bond acceptors (Lipinski definition) is 5. The van der Waals surface area contributed by atoms with Gasteiger partial charge < -0.3 is 14.6 Å². The average Bonchev–Trinajstić information content (AvgIpc) is 3.17. The molecule has 1 atom stereocenters. The summed E-state index contributed by atoms with van der Waals surface area (Å²) in [4.78, 5) is 2.30. The van der Waals surface area contributed by atoms with Gasteiger partial charge in [0.1, 0.15) is 0 Å². The molecule has 178 valence electrons. The van der Waals surface area contributed by atoms with E-state index in [-0.39, 0.29) is 12.0 Å². The summed E-state index contributed by atoms with van der Waals surface area (Å²) in [7, 11) is 1.64. The van der Waals surface area contributed by atoms with Gasteiger partial charge >= 0.3 is 0 Å². The molecule has 0 amide bonds. The van der Waals surface area contributed by atoms with Gasteiger partial charge in [-0.05, 0) is 49.6 Å². The van der Waals surface area contributed by atoms with Gasteiger partial charge in [0.25, 0.3) is 0 Å². The molecule has 0 aliphatic heterocycles. The van der Waals surface area contributed by atoms with E-state index in [0.29, 0.717) is 30.5 Å². The molecule has 0 radical (unpaired) electrons. The lowest BCUT2D eigenvalue weighted by Crippen LogP contribution is -2.35. The molecule has 0 aliphatic rings. The van der Waals surface area contributed by atoms with Crippen LogP contribution in [0.5, 0.6) is 17.4 Å². The van der Waals surface area contributed by atoms with E-state index in [0.717, 1.165) is 36.3 Å². The van der Waals surface area contributed by atoms with E-state index in [9.17, 15) is 5.11 Å². The Morgan fingerprint density at radius 1 is 1.00 bits per heavy atom. The first kappa shape index (κ1) is 24.8. The van der Waals surface area contributed by atoms with Crippen molar-refractivity contribution < 1.29 is 14.6 Å². The molecule has 6 heteroatoms. The number of nitrogens with zero attached hydrogens (tertiary/aromatic N) is 3. The highest BCUT2D eigenvalue weighted by Crippen LogP contribution is 2.36. The molecule has 0 bridgehead atoms. The zero-order valence-electron chi connectivity index (χ0n) is 20.5. The Morgan fingerprint density at radius 3 is 2.27 bits per heavy atom. The summed E-state index contributed by atoms with van der Waals surface area (Å²) in [5.41, 5.74) is 2.97. The molecule has 0 fully saturated rings. The van der Waals surface area contributed by atoms with E-state index >= 15 is 0 Å². The van der Waals surface area contributed by atoms with Gasteiger partial charge in [0, 0.05) is 13.1 Å². The molecule has 1 N–H and O–H groups in total. The van der Waals surface area contributed by atoms with Gasteiger partial charge in [-0.25, -0.2) is 4.68 Å². The number of aromatic nitrogens is 2. The number of methoxy groups -OCH3 is 1. The molecule has 33 heavy (non-hydrogen) atoms. The van der Waals surface area contributed by atoms with Gasteiger partial charge in [-0.2, -0.15) is 5.10 Å². The lowest BCUT2D eigenvalue weighted by molar-refractivity contribution is 0.0728. The van der Waals surface area contributed by atoms with Crippen molar-refractivity contribution in [3.8, 4) is 23.1 Å². The molecule has 0 saturated heterocycles. The van der Waals surface area contributed by atoms with Gasteiger partial charge in [0.05, 0.1) is 30.2 Å². The normalized spacial score (nSPS) is 12.4. The Balaban J connectivity index is 2.08. The van der Waals surface area contributed by atoms with Crippen molar-refractivity contribution in [3.63, 3.8) is 0 Å². The molecule has 6 nitrogen and oxygen atoms in total. The van der Waals surface area contributed by atoms with Crippen LogP contribution in [0, 0.1) is 5.92 Å². The van der Waals surface area contributed by atoms with Gasteiger partial charge in [0.2, 0.25) is 5.88 Å². The van der Waals surface area contributed by atoms with Gasteiger partial charge in [-0.15, -0.1) is 0 Å². The lowest BCUT2D eigenvalue weighted by Gasteiger charge is -2.26. The minimum atomic E-state index is -0.385. The van der Waals surface area contributed by atoms with Crippen molar-refractivity contribution in [2.45, 2.75) is 53.2 Å². The fourth-order valence-electron chi connectivity index (χ4n) is 3.83. The van der Waals surface area contributed by atoms with Crippen LogP contribution in [0.1, 0.15) is 45.4 Å². The molecule has 0 spiro atoms. The molecule has 0 unspecified atom stereocenters. The zero-order valence-corrected chi connectivity index (χ0v) is 20.5. The number of aryl methyl sites for hydroxylation is 1. The summed E-state index contributed by atoms with van der Waals surface area (Å²) < 4.78 is 13.9. The highest BCUT2D eigenvalue weighted by molar-refractivity contribution is 5.47. The van der Waals surface area contributed by atoms with Crippen molar-refractivity contribution in [2.24, 2.45) is 5.92 Å². The molecule has 3 aromatic rings. The minimum absolute atomic E-state index is 0.200. The third-order valence-corrected chi connectivity index (χ3v) is 5.77. The Morgan fingerprint density at radius 2 is 1.67 bits per heavy atom. The summed E-state index contributed by atoms with van der Waals surface area (Å²) >= 11 is 0. The van der Waals surface area contributed by atoms with Crippen LogP contribution in [0.15, 0.2) is 54.6 Å². The highest BCUT2D eigenvalue weighted by atomic mass is 16.5. The van der Waals surface area contributed by atoms with Crippen LogP contribution in [-0.2, 0) is 13.0 Å². The van der Waals surface area contributed by atoms with Crippen molar-refractivity contribution >= 4 is 0 Å². The predicted octanol–water partition coefficient (Wildman–Crippen LogP) is 5.46. The van der Waals surface area contributed by atoms with Crippen LogP contribution in [0.4, 0.5) is 0 Å². The number of benzene rings is 2. The Labute approximate surface area is 197 Å². The summed E-state index contributed by atoms with van der Waals surface area (Å²) in [6.45, 7) is 10.5. The molecule has 3 rings (SSSR count). The molecule has 1 aromatic heterocycles. The molecular formula is C27H37N3O3. The maximum atomic E-state index is 10.6. The van der Waals surface area contributed by atoms with Crippen molar-refractivity contribution in [3.05, 3.63) is 65.9 Å². The van der Waals surface area contributed by atoms with Crippen LogP contribution >= 0.6 is 0 Å². The first-order chi connectivity index (χ1) is 16.0. The SMILES string of the molecule is CCCN(Cc1c(CC)nn(-c2ccccc2)c1Oc1ccccc1OC)C[C@H](O)C(C)C. The number of rotatable bonds is 12. The molecule has 0 aliphatic carbocycles. The smallest absolute Gasteiger partial charge is 0.227 e. The molecule has 2 aromatic carbocycles. The monoisotopic (exact) mass is 451 g/mol. The summed E-state index contributed by atoms with van der Waals surface area (Å²) in [6.07, 6.45) is 1.40. The van der Waals surface area contributed by atoms with Crippen LogP contribution in [0.2, 0.25) is 0 Å². The van der Waals surface area contributed by atoms with Gasteiger partial charge in [-0.1, -0.05) is 58.0 Å². The van der Waals surface area contributed by atoms with Crippen LogP contribution in [0.25, 0.3) is 5.69 Å². The first-order valence-electron chi connectivity index (χ1n) is 11.9. The maximum absolute atomic E-state index is 10.6. The predicted molar refractivity (Wildman–Crippen MR) is 132 cm³/mol. The summed E-state index contributed by atoms with van der Waals surface area (Å²) in [5, 5.41) is 15.5. The van der Waals surface area contributed by atoms with Crippen LogP contribution in [0.3, 0.4) is 0 Å². The Hall–Kier alpha value is -2.83. The van der Waals surface area contributed by atoms with Crippen molar-refractivity contribution in [2.75, 3.05) is 20.2 Å². The van der Waals surface area contributed by atoms with E-state index in [1.807, 2.05) is 59.3 Å². The summed E-state index contributed by atoms with van der Waals surface area (Å²) in [5.74, 6) is 2.20. The average molecular weight is 452 g/mol. The number of ether oxygens (including phenoxy) is 2. The summed E-state index contributed by atoms with van der Waals surface area (Å²) in [6, 6.07) is 17.7. The Bertz CT molecular complexity index is 1000. The van der Waals surface area contributed by atoms with Crippen molar-refractivity contribution in [1.29, 1.82) is 0 Å². The van der Waals surface area contributed by atoms with Gasteiger partial charge in [0.15, 0.2) is 11.5 Å². The zero-order chi connectivity index (χ0) is 23.8. The topological polar surface area (TPSA) is 59.8 Å². The van der Waals surface area contributed by atoms with E-state index < -0.39 is 0 Å². The standard InChI is InChI=1S/C27H37N3O3/c1-6-17-29(19-24(31)20(3)4)18-22-23(7-2)28-30(21-13-9-8-10-14-21)27(22)33-26-16-12-11-15-25(26)32-5/h8-16,20,24,31H,6-7,17-19H2,1-5H3/t24-/m0/s1. The fourth-order valence-corrected chi connectivity index (χ4v) is 3.83. The molecule has 0 saturated carbocycles. The molecule has 1 heterocycles. The van der Waals surface area contributed by atoms with E-state index in [1.54, 1.807) is 7.11 Å². The van der Waals surface area contributed by atoms with Crippen LogP contribution < -0.4 is 9.47 Å². The second-order valence-electron chi connectivity index (χ2n) is 8.63. The number of aliphatic hydroxyl groups is 1. The second kappa shape index (κ2) is 11.9. The van der Waals surface area contributed by atoms with E-state index in [2.05, 4.69) is 32.6 Å². The third kappa shape index (κ3) is 6.15. The quantitative estimate of drug-likeness (QED) is 0.396. The van der Waals surface area contributed by atoms with Crippen molar-refractivity contribution in [1.82, 2.24) is 14.7 Å². The number of aliphatic hydroxyl groups excluding tert-OH is 1. The fraction of sp³-hybridized carbons (Fsp3) is 0.444. The largest absolute Gasteiger partial charge is 0.493 e. The minimum Gasteiger partial charge on any atom is -0.493 e.